The van der Waals surface area contributed by atoms with Crippen LogP contribution in [0.1, 0.15) is 48.2 Å². The van der Waals surface area contributed by atoms with Crippen molar-refractivity contribution in [2.24, 2.45) is 11.8 Å². The highest BCUT2D eigenvalue weighted by atomic mass is 32.1. The number of hydrogen-bond acceptors (Lipinski definition) is 5. The molecule has 0 saturated heterocycles. The molecule has 4 atom stereocenters. The summed E-state index contributed by atoms with van der Waals surface area (Å²) in [6.07, 6.45) is 11.9. The number of fused-ring (bicyclic) bond motifs is 2. The Hall–Kier alpha value is -3.06. The Morgan fingerprint density at radius 3 is 2.94 bits per heavy atom. The van der Waals surface area contributed by atoms with Gasteiger partial charge in [-0.05, 0) is 91.4 Å². The Morgan fingerprint density at radius 1 is 1.24 bits per heavy atom. The van der Waals surface area contributed by atoms with Gasteiger partial charge in [-0.2, -0.15) is 0 Å². The highest BCUT2D eigenvalue weighted by Gasteiger charge is 2.40. The van der Waals surface area contributed by atoms with Crippen LogP contribution in [-0.4, -0.2) is 28.1 Å². The van der Waals surface area contributed by atoms with Gasteiger partial charge in [0.25, 0.3) is 0 Å². The van der Waals surface area contributed by atoms with Crippen molar-refractivity contribution in [1.29, 1.82) is 0 Å². The third kappa shape index (κ3) is 4.89. The lowest BCUT2D eigenvalue weighted by atomic mass is 9.64. The summed E-state index contributed by atoms with van der Waals surface area (Å²) in [7, 11) is 0. The van der Waals surface area contributed by atoms with Gasteiger partial charge < -0.3 is 10.1 Å². The first kappa shape index (κ1) is 22.7. The molecular weight excluding hydrogens is 449 g/mol. The van der Waals surface area contributed by atoms with Crippen molar-refractivity contribution >= 4 is 23.7 Å². The minimum atomic E-state index is -0.315. The van der Waals surface area contributed by atoms with E-state index in [0.29, 0.717) is 24.4 Å². The quantitative estimate of drug-likeness (QED) is 0.473. The molecule has 34 heavy (non-hydrogen) atoms. The molecule has 0 radical (unpaired) electrons. The molecule has 0 spiro atoms. The van der Waals surface area contributed by atoms with Crippen LogP contribution in [0.5, 0.6) is 0 Å². The van der Waals surface area contributed by atoms with Crippen molar-refractivity contribution in [3.8, 4) is 11.1 Å². The van der Waals surface area contributed by atoms with E-state index < -0.39 is 0 Å². The smallest absolute Gasteiger partial charge is 0.407 e. The Kier molecular flexibility index (Phi) is 6.72. The standard InChI is InChI=1S/C27H28FN3O2S/c1-2-33-27(32)31-22-9-10-23-19(13-22)14-26-25(16-30-34-26)24(23)11-8-21-7-6-18(15-29-21)17-4-3-5-20(28)12-17/h3-8,11-12,15-16,19,22-24H,2,9-10,13-14H2,1H3,(H,31,32)/b11-8+/t19-,22+,23+,24-/m0/s1. The van der Waals surface area contributed by atoms with Gasteiger partial charge in [0, 0.05) is 34.8 Å². The fraction of sp³-hybridized carbons (Fsp3) is 0.370. The van der Waals surface area contributed by atoms with E-state index in [1.807, 2.05) is 31.3 Å². The number of allylic oxidation sites excluding steroid dienone is 1. The maximum Gasteiger partial charge on any atom is 0.407 e. The molecule has 1 fully saturated rings. The first-order valence-electron chi connectivity index (χ1n) is 11.9. The Morgan fingerprint density at radius 2 is 2.15 bits per heavy atom. The Balaban J connectivity index is 1.32. The normalized spacial score (nSPS) is 23.8. The van der Waals surface area contributed by atoms with Crippen molar-refractivity contribution in [2.45, 2.75) is 44.6 Å². The molecule has 1 amide bonds. The molecule has 0 bridgehead atoms. The second-order valence-corrected chi connectivity index (χ2v) is 9.96. The zero-order valence-corrected chi connectivity index (χ0v) is 19.9. The molecule has 5 nitrogen and oxygen atoms in total. The highest BCUT2D eigenvalue weighted by molar-refractivity contribution is 7.05. The van der Waals surface area contributed by atoms with Crippen molar-refractivity contribution in [3.05, 3.63) is 76.8 Å². The topological polar surface area (TPSA) is 64.1 Å². The molecule has 7 heteroatoms. The lowest BCUT2D eigenvalue weighted by molar-refractivity contribution is 0.129. The third-order valence-electron chi connectivity index (χ3n) is 7.00. The first-order chi connectivity index (χ1) is 16.6. The maximum absolute atomic E-state index is 13.5. The van der Waals surface area contributed by atoms with Crippen LogP contribution in [0, 0.1) is 17.7 Å². The first-order valence-corrected chi connectivity index (χ1v) is 12.6. The van der Waals surface area contributed by atoms with E-state index in [9.17, 15) is 9.18 Å². The van der Waals surface area contributed by atoms with E-state index in [1.54, 1.807) is 23.8 Å². The fourth-order valence-corrected chi connectivity index (χ4v) is 6.30. The van der Waals surface area contributed by atoms with Crippen LogP contribution in [0.25, 0.3) is 17.2 Å². The van der Waals surface area contributed by atoms with Gasteiger partial charge in [-0.25, -0.2) is 13.6 Å². The number of aromatic nitrogens is 2. The Labute approximate surface area is 203 Å². The van der Waals surface area contributed by atoms with Crippen LogP contribution in [0.3, 0.4) is 0 Å². The summed E-state index contributed by atoms with van der Waals surface area (Å²) >= 11 is 1.59. The Bertz CT molecular complexity index is 1180. The van der Waals surface area contributed by atoms with Crippen LogP contribution < -0.4 is 5.32 Å². The summed E-state index contributed by atoms with van der Waals surface area (Å²) in [5.41, 5.74) is 3.92. The van der Waals surface area contributed by atoms with Crippen LogP contribution in [0.15, 0.2) is 54.9 Å². The second-order valence-electron chi connectivity index (χ2n) is 9.07. The number of alkyl carbamates (subject to hydrolysis) is 1. The van der Waals surface area contributed by atoms with Gasteiger partial charge in [0.2, 0.25) is 0 Å². The summed E-state index contributed by atoms with van der Waals surface area (Å²) in [5.74, 6) is 1.07. The van der Waals surface area contributed by atoms with Crippen LogP contribution >= 0.6 is 11.5 Å². The van der Waals surface area contributed by atoms with E-state index >= 15 is 0 Å². The number of carbonyl (C=O) groups excluding carboxylic acids is 1. The van der Waals surface area contributed by atoms with E-state index in [4.69, 9.17) is 4.74 Å². The van der Waals surface area contributed by atoms with Crippen LogP contribution in [0.2, 0.25) is 0 Å². The van der Waals surface area contributed by atoms with Crippen molar-refractivity contribution in [1.82, 2.24) is 14.7 Å². The van der Waals surface area contributed by atoms with Gasteiger partial charge >= 0.3 is 6.09 Å². The third-order valence-corrected chi connectivity index (χ3v) is 7.84. The zero-order valence-electron chi connectivity index (χ0n) is 19.1. The number of nitrogens with zero attached hydrogens (tertiary/aromatic N) is 2. The number of hydrogen-bond donors (Lipinski definition) is 1. The predicted octanol–water partition coefficient (Wildman–Crippen LogP) is 6.23. The molecule has 1 saturated carbocycles. The minimum Gasteiger partial charge on any atom is -0.450 e. The number of ether oxygens (including phenoxy) is 1. The summed E-state index contributed by atoms with van der Waals surface area (Å²) in [6.45, 7) is 2.21. The largest absolute Gasteiger partial charge is 0.450 e. The van der Waals surface area contributed by atoms with Crippen molar-refractivity contribution in [2.75, 3.05) is 6.61 Å². The molecule has 2 aliphatic carbocycles. The minimum absolute atomic E-state index is 0.163. The molecule has 3 aromatic rings. The van der Waals surface area contributed by atoms with E-state index in [0.717, 1.165) is 42.5 Å². The molecule has 176 valence electrons. The van der Waals surface area contributed by atoms with Crippen LogP contribution in [0.4, 0.5) is 9.18 Å². The SMILES string of the molecule is CCOC(=O)N[C@@H]1CC[C@@H]2[C@H](Cc3sncc3[C@H]2/C=C/c2ccc(-c3cccc(F)c3)cn2)C1. The molecule has 2 aliphatic rings. The molecule has 0 aliphatic heterocycles. The average Bonchev–Trinajstić information content (AvgIpc) is 3.30. The number of nitrogens with one attached hydrogen (secondary N) is 1. The van der Waals surface area contributed by atoms with Crippen molar-refractivity contribution < 1.29 is 13.9 Å². The highest BCUT2D eigenvalue weighted by Crippen LogP contribution is 2.48. The van der Waals surface area contributed by atoms with Gasteiger partial charge in [-0.3, -0.25) is 4.98 Å². The van der Waals surface area contributed by atoms with Crippen LogP contribution in [-0.2, 0) is 11.2 Å². The van der Waals surface area contributed by atoms with Gasteiger partial charge in [0.05, 0.1) is 12.3 Å². The van der Waals surface area contributed by atoms with Gasteiger partial charge in [0.15, 0.2) is 0 Å². The molecule has 2 heterocycles. The molecule has 0 unspecified atom stereocenters. The number of amides is 1. The lowest BCUT2D eigenvalue weighted by Gasteiger charge is -2.42. The fourth-order valence-electron chi connectivity index (χ4n) is 5.42. The average molecular weight is 478 g/mol. The van der Waals surface area contributed by atoms with Gasteiger partial charge in [0.1, 0.15) is 5.82 Å². The molecule has 1 aromatic carbocycles. The molecule has 1 N–H and O–H groups in total. The number of rotatable bonds is 5. The number of benzene rings is 1. The second kappa shape index (κ2) is 10.1. The van der Waals surface area contributed by atoms with E-state index in [2.05, 4.69) is 26.8 Å². The van der Waals surface area contributed by atoms with E-state index in [-0.39, 0.29) is 18.0 Å². The van der Waals surface area contributed by atoms with Gasteiger partial charge in [-0.15, -0.1) is 0 Å². The zero-order chi connectivity index (χ0) is 23.5. The maximum atomic E-state index is 13.5. The summed E-state index contributed by atoms with van der Waals surface area (Å²) in [5, 5.41) is 3.04. The molecule has 2 aromatic heterocycles. The summed E-state index contributed by atoms with van der Waals surface area (Å²) in [4.78, 5) is 17.8. The van der Waals surface area contributed by atoms with Crippen molar-refractivity contribution in [3.63, 3.8) is 0 Å². The monoisotopic (exact) mass is 477 g/mol. The molecule has 5 rings (SSSR count). The van der Waals surface area contributed by atoms with E-state index in [1.165, 1.54) is 22.6 Å². The number of pyridine rings is 1. The molecular formula is C27H28FN3O2S. The summed E-state index contributed by atoms with van der Waals surface area (Å²) in [6, 6.07) is 10.7. The van der Waals surface area contributed by atoms with Gasteiger partial charge in [-0.1, -0.05) is 24.3 Å². The predicted molar refractivity (Wildman–Crippen MR) is 132 cm³/mol. The lowest BCUT2D eigenvalue weighted by Crippen LogP contribution is -2.43. The number of carbonyl (C=O) groups is 1. The summed E-state index contributed by atoms with van der Waals surface area (Å²) < 4.78 is 23.1. The number of halogens is 1.